The lowest BCUT2D eigenvalue weighted by atomic mass is 10.1. The molecule has 1 aromatic carbocycles. The average molecular weight is 328 g/mol. The van der Waals surface area contributed by atoms with Gasteiger partial charge in [-0.2, -0.15) is 0 Å². The molecule has 0 fully saturated rings. The van der Waals surface area contributed by atoms with Crippen LogP contribution in [0.5, 0.6) is 0 Å². The number of hydrogen-bond donors (Lipinski definition) is 3. The third-order valence-corrected chi connectivity index (χ3v) is 3.65. The Kier molecular flexibility index (Phi) is 7.17. The second-order valence-electron chi connectivity index (χ2n) is 5.66. The topological polar surface area (TPSA) is 87.1 Å². The van der Waals surface area contributed by atoms with Crippen molar-refractivity contribution in [1.82, 2.24) is 15.3 Å². The predicted molar refractivity (Wildman–Crippen MR) is 93.8 cm³/mol. The standard InChI is InChI=1S/C18H24N4O2/c1-2-3-9-19-18-21-12-15(13-22-18)11-20-16(17(23)24)10-14-7-5-4-6-8-14/h4-8,12-13,16,20H,2-3,9-11H2,1H3,(H,23,24)(H,19,21,22)/t16-/m0/s1. The smallest absolute Gasteiger partial charge is 0.321 e. The van der Waals surface area contributed by atoms with E-state index in [9.17, 15) is 9.90 Å². The molecule has 0 unspecified atom stereocenters. The summed E-state index contributed by atoms with van der Waals surface area (Å²) in [5, 5.41) is 15.6. The molecule has 2 aromatic rings. The van der Waals surface area contributed by atoms with Gasteiger partial charge in [0, 0.05) is 31.0 Å². The van der Waals surface area contributed by atoms with Crippen LogP contribution in [0.25, 0.3) is 0 Å². The highest BCUT2D eigenvalue weighted by Gasteiger charge is 2.17. The molecule has 1 aromatic heterocycles. The summed E-state index contributed by atoms with van der Waals surface area (Å²) in [6, 6.07) is 8.95. The number of aliphatic carboxylic acids is 1. The van der Waals surface area contributed by atoms with Gasteiger partial charge in [-0.15, -0.1) is 0 Å². The highest BCUT2D eigenvalue weighted by molar-refractivity contribution is 5.73. The molecule has 0 aliphatic rings. The molecule has 24 heavy (non-hydrogen) atoms. The first-order valence-corrected chi connectivity index (χ1v) is 8.24. The molecule has 0 bridgehead atoms. The fourth-order valence-electron chi connectivity index (χ4n) is 2.25. The number of carbonyl (C=O) groups is 1. The zero-order chi connectivity index (χ0) is 17.2. The minimum atomic E-state index is -0.863. The van der Waals surface area contributed by atoms with Crippen molar-refractivity contribution in [3.05, 3.63) is 53.9 Å². The number of benzene rings is 1. The molecule has 0 amide bonds. The molecule has 2 rings (SSSR count). The Hall–Kier alpha value is -2.47. The fourth-order valence-corrected chi connectivity index (χ4v) is 2.25. The van der Waals surface area contributed by atoms with Crippen LogP contribution in [0.2, 0.25) is 0 Å². The second kappa shape index (κ2) is 9.62. The lowest BCUT2D eigenvalue weighted by Crippen LogP contribution is -2.38. The van der Waals surface area contributed by atoms with Crippen LogP contribution in [0.4, 0.5) is 5.95 Å². The molecular weight excluding hydrogens is 304 g/mol. The van der Waals surface area contributed by atoms with Gasteiger partial charge >= 0.3 is 5.97 Å². The molecule has 128 valence electrons. The zero-order valence-corrected chi connectivity index (χ0v) is 13.9. The molecule has 0 saturated carbocycles. The monoisotopic (exact) mass is 328 g/mol. The van der Waals surface area contributed by atoms with Gasteiger partial charge in [0.05, 0.1) is 0 Å². The number of nitrogens with zero attached hydrogens (tertiary/aromatic N) is 2. The molecule has 0 radical (unpaired) electrons. The Balaban J connectivity index is 1.86. The van der Waals surface area contributed by atoms with Crippen molar-refractivity contribution in [2.45, 2.75) is 38.8 Å². The summed E-state index contributed by atoms with van der Waals surface area (Å²) in [4.78, 5) is 19.9. The van der Waals surface area contributed by atoms with Crippen molar-refractivity contribution in [2.75, 3.05) is 11.9 Å². The van der Waals surface area contributed by atoms with Crippen LogP contribution in [0.3, 0.4) is 0 Å². The van der Waals surface area contributed by atoms with E-state index in [1.165, 1.54) is 0 Å². The van der Waals surface area contributed by atoms with Gasteiger partial charge in [0.2, 0.25) is 5.95 Å². The van der Waals surface area contributed by atoms with E-state index in [0.29, 0.717) is 18.9 Å². The van der Waals surface area contributed by atoms with Gasteiger partial charge in [0.25, 0.3) is 0 Å². The van der Waals surface area contributed by atoms with E-state index >= 15 is 0 Å². The van der Waals surface area contributed by atoms with Crippen LogP contribution in [0, 0.1) is 0 Å². The van der Waals surface area contributed by atoms with Gasteiger partial charge < -0.3 is 10.4 Å². The normalized spacial score (nSPS) is 11.9. The van der Waals surface area contributed by atoms with Crippen molar-refractivity contribution in [3.8, 4) is 0 Å². The number of anilines is 1. The summed E-state index contributed by atoms with van der Waals surface area (Å²) in [6.45, 7) is 3.40. The van der Waals surface area contributed by atoms with E-state index in [4.69, 9.17) is 0 Å². The number of nitrogens with one attached hydrogen (secondary N) is 2. The Morgan fingerprint density at radius 3 is 2.50 bits per heavy atom. The maximum Gasteiger partial charge on any atom is 0.321 e. The number of carboxylic acid groups (broad SMARTS) is 1. The van der Waals surface area contributed by atoms with Gasteiger partial charge in [-0.25, -0.2) is 9.97 Å². The number of rotatable bonds is 10. The molecule has 0 aliphatic heterocycles. The summed E-state index contributed by atoms with van der Waals surface area (Å²) in [5.41, 5.74) is 1.85. The quantitative estimate of drug-likeness (QED) is 0.581. The maximum absolute atomic E-state index is 11.4. The zero-order valence-electron chi connectivity index (χ0n) is 13.9. The van der Waals surface area contributed by atoms with Crippen molar-refractivity contribution >= 4 is 11.9 Å². The molecule has 1 heterocycles. The molecular formula is C18H24N4O2. The van der Waals surface area contributed by atoms with Crippen LogP contribution in [0.15, 0.2) is 42.7 Å². The third kappa shape index (κ3) is 5.96. The van der Waals surface area contributed by atoms with Crippen LogP contribution >= 0.6 is 0 Å². The lowest BCUT2D eigenvalue weighted by molar-refractivity contribution is -0.139. The van der Waals surface area contributed by atoms with Gasteiger partial charge in [-0.1, -0.05) is 43.7 Å². The lowest BCUT2D eigenvalue weighted by Gasteiger charge is -2.14. The first kappa shape index (κ1) is 17.9. The molecule has 0 saturated heterocycles. The number of carboxylic acids is 1. The first-order valence-electron chi connectivity index (χ1n) is 8.24. The summed E-state index contributed by atoms with van der Waals surface area (Å²) in [5.74, 6) is -0.260. The molecule has 3 N–H and O–H groups in total. The van der Waals surface area contributed by atoms with Crippen LogP contribution < -0.4 is 10.6 Å². The van der Waals surface area contributed by atoms with Crippen LogP contribution in [0.1, 0.15) is 30.9 Å². The molecule has 6 heteroatoms. The van der Waals surface area contributed by atoms with E-state index in [-0.39, 0.29) is 0 Å². The maximum atomic E-state index is 11.4. The predicted octanol–water partition coefficient (Wildman–Crippen LogP) is 2.47. The third-order valence-electron chi connectivity index (χ3n) is 3.65. The average Bonchev–Trinajstić information content (AvgIpc) is 2.60. The highest BCUT2D eigenvalue weighted by Crippen LogP contribution is 2.06. The Morgan fingerprint density at radius 2 is 1.88 bits per heavy atom. The second-order valence-corrected chi connectivity index (χ2v) is 5.66. The van der Waals surface area contributed by atoms with Gasteiger partial charge in [0.1, 0.15) is 6.04 Å². The molecule has 0 spiro atoms. The van der Waals surface area contributed by atoms with E-state index in [1.54, 1.807) is 12.4 Å². The number of aromatic nitrogens is 2. The van der Waals surface area contributed by atoms with Crippen molar-refractivity contribution in [3.63, 3.8) is 0 Å². The van der Waals surface area contributed by atoms with Gasteiger partial charge in [0.15, 0.2) is 0 Å². The van der Waals surface area contributed by atoms with E-state index in [2.05, 4.69) is 27.5 Å². The summed E-state index contributed by atoms with van der Waals surface area (Å²) >= 11 is 0. The van der Waals surface area contributed by atoms with E-state index in [1.807, 2.05) is 30.3 Å². The summed E-state index contributed by atoms with van der Waals surface area (Å²) in [7, 11) is 0. The van der Waals surface area contributed by atoms with Crippen molar-refractivity contribution in [1.29, 1.82) is 0 Å². The Bertz CT molecular complexity index is 617. The van der Waals surface area contributed by atoms with Gasteiger partial charge in [-0.05, 0) is 18.4 Å². The SMILES string of the molecule is CCCCNc1ncc(CN[C@@H](Cc2ccccc2)C(=O)O)cn1. The first-order chi connectivity index (χ1) is 11.7. The van der Waals surface area contributed by atoms with Gasteiger partial charge in [-0.3, -0.25) is 10.1 Å². The largest absolute Gasteiger partial charge is 0.480 e. The minimum Gasteiger partial charge on any atom is -0.480 e. The van der Waals surface area contributed by atoms with Crippen LogP contribution in [-0.4, -0.2) is 33.6 Å². The van der Waals surface area contributed by atoms with Crippen molar-refractivity contribution in [2.24, 2.45) is 0 Å². The van der Waals surface area contributed by atoms with E-state index < -0.39 is 12.0 Å². The number of hydrogen-bond acceptors (Lipinski definition) is 5. The van der Waals surface area contributed by atoms with E-state index in [0.717, 1.165) is 30.5 Å². The summed E-state index contributed by atoms with van der Waals surface area (Å²) < 4.78 is 0. The Labute approximate surface area is 142 Å². The molecule has 0 aliphatic carbocycles. The highest BCUT2D eigenvalue weighted by atomic mass is 16.4. The molecule has 1 atom stereocenters. The van der Waals surface area contributed by atoms with Crippen molar-refractivity contribution < 1.29 is 9.90 Å². The number of unbranched alkanes of at least 4 members (excludes halogenated alkanes) is 1. The Morgan fingerprint density at radius 1 is 1.17 bits per heavy atom. The molecule has 6 nitrogen and oxygen atoms in total. The van der Waals surface area contributed by atoms with Crippen LogP contribution in [-0.2, 0) is 17.8 Å². The summed E-state index contributed by atoms with van der Waals surface area (Å²) in [6.07, 6.45) is 6.07. The minimum absolute atomic E-state index is 0.416. The fraction of sp³-hybridized carbons (Fsp3) is 0.389.